The van der Waals surface area contributed by atoms with Crippen LogP contribution in [-0.4, -0.2) is 27.2 Å². The molecule has 0 saturated heterocycles. The minimum atomic E-state index is -3.51. The lowest BCUT2D eigenvalue weighted by atomic mass is 10.4. The van der Waals surface area contributed by atoms with E-state index in [0.717, 1.165) is 0 Å². The van der Waals surface area contributed by atoms with Gasteiger partial charge in [0.05, 0.1) is 13.0 Å². The summed E-state index contributed by atoms with van der Waals surface area (Å²) in [7, 11) is -2.93. The summed E-state index contributed by atoms with van der Waals surface area (Å²) in [6.07, 6.45) is 1.29. The molecule has 66 valence electrons. The first-order valence-corrected chi connectivity index (χ1v) is 5.86. The molecule has 0 aromatic heterocycles. The lowest BCUT2D eigenvalue weighted by molar-refractivity contribution is -0.118. The quantitative estimate of drug-likeness (QED) is 0.602. The molecule has 0 unspecified atom stereocenters. The molecule has 0 bridgehead atoms. The highest BCUT2D eigenvalue weighted by Crippen LogP contribution is 2.08. The van der Waals surface area contributed by atoms with Crippen molar-refractivity contribution in [3.63, 3.8) is 0 Å². The topological polar surface area (TPSA) is 86.5 Å². The van der Waals surface area contributed by atoms with E-state index in [1.807, 2.05) is 0 Å². The highest BCUT2D eigenvalue weighted by molar-refractivity contribution is 8.70. The summed E-state index contributed by atoms with van der Waals surface area (Å²) in [5.41, 5.74) is 4.74. The van der Waals surface area contributed by atoms with Gasteiger partial charge >= 0.3 is 9.15 Å². The number of primary amides is 1. The Morgan fingerprint density at radius 1 is 1.64 bits per heavy atom. The molecule has 0 aliphatic heterocycles. The van der Waals surface area contributed by atoms with E-state index >= 15 is 0 Å². The van der Waals surface area contributed by atoms with Gasteiger partial charge in [-0.25, -0.2) is 0 Å². The van der Waals surface area contributed by atoms with Gasteiger partial charge in [-0.15, -0.1) is 0 Å². The average Bonchev–Trinajstić information content (AvgIpc) is 1.87. The van der Waals surface area contributed by atoms with Crippen LogP contribution in [0.25, 0.3) is 0 Å². The van der Waals surface area contributed by atoms with Crippen molar-refractivity contribution >= 4 is 25.9 Å². The van der Waals surface area contributed by atoms with Gasteiger partial charge in [0.15, 0.2) is 0 Å². The molecule has 0 radical (unpaired) electrons. The van der Waals surface area contributed by atoms with Crippen molar-refractivity contribution in [2.75, 3.05) is 12.9 Å². The van der Waals surface area contributed by atoms with Gasteiger partial charge in [-0.1, -0.05) is 0 Å². The summed E-state index contributed by atoms with van der Waals surface area (Å²) in [6.45, 7) is -0.182. The molecule has 1 amide bonds. The van der Waals surface area contributed by atoms with E-state index in [-0.39, 0.29) is 13.0 Å². The predicted molar refractivity (Wildman–Crippen MR) is 42.2 cm³/mol. The van der Waals surface area contributed by atoms with Gasteiger partial charge in [0.25, 0.3) is 0 Å². The molecule has 11 heavy (non-hydrogen) atoms. The van der Waals surface area contributed by atoms with E-state index in [2.05, 4.69) is 4.18 Å². The molecule has 7 heteroatoms. The van der Waals surface area contributed by atoms with Gasteiger partial charge in [0, 0.05) is 0 Å². The Balaban J connectivity index is 3.63. The maximum atomic E-state index is 10.6. The number of hydrogen-bond donors (Lipinski definition) is 1. The van der Waals surface area contributed by atoms with Gasteiger partial charge in [0.2, 0.25) is 5.91 Å². The van der Waals surface area contributed by atoms with Crippen LogP contribution >= 0.6 is 10.8 Å². The molecule has 0 aliphatic carbocycles. The zero-order valence-electron chi connectivity index (χ0n) is 5.94. The summed E-state index contributed by atoms with van der Waals surface area (Å²) >= 11 is 0. The van der Waals surface area contributed by atoms with Crippen molar-refractivity contribution < 1.29 is 17.4 Å². The molecule has 2 N–H and O–H groups in total. The molecule has 0 saturated carbocycles. The number of hydrogen-bond acceptors (Lipinski definition) is 5. The first kappa shape index (κ1) is 10.7. The molecule has 0 spiro atoms. The van der Waals surface area contributed by atoms with Crippen LogP contribution in [0.1, 0.15) is 6.42 Å². The van der Waals surface area contributed by atoms with Crippen molar-refractivity contribution in [2.45, 2.75) is 6.42 Å². The monoisotopic (exact) mass is 199 g/mol. The molecule has 5 nitrogen and oxygen atoms in total. The summed E-state index contributed by atoms with van der Waals surface area (Å²) in [5.74, 6) is -0.582. The standard InChI is InChI=1S/C4H9NO4S2/c1-10-11(7,8)9-3-2-4(5)6/h2-3H2,1H3,(H2,5,6). The molecule has 0 fully saturated rings. The molecular weight excluding hydrogens is 190 g/mol. The number of rotatable bonds is 5. The third kappa shape index (κ3) is 6.14. The van der Waals surface area contributed by atoms with Crippen LogP contribution in [0, 0.1) is 0 Å². The second-order valence-corrected chi connectivity index (χ2v) is 5.22. The Labute approximate surface area is 68.8 Å². The normalized spacial score (nSPS) is 11.4. The Hall–Kier alpha value is -0.270. The smallest absolute Gasteiger partial charge is 0.321 e. The van der Waals surface area contributed by atoms with Gasteiger partial charge in [-0.05, 0) is 17.0 Å². The fourth-order valence-corrected chi connectivity index (χ4v) is 1.17. The van der Waals surface area contributed by atoms with Gasteiger partial charge in [-0.2, -0.15) is 8.42 Å². The Bertz CT molecular complexity index is 222. The second-order valence-electron chi connectivity index (χ2n) is 1.61. The highest BCUT2D eigenvalue weighted by Gasteiger charge is 2.08. The zero-order chi connectivity index (χ0) is 8.91. The Morgan fingerprint density at radius 2 is 2.18 bits per heavy atom. The number of amides is 1. The van der Waals surface area contributed by atoms with Crippen molar-refractivity contribution in [3.05, 3.63) is 0 Å². The number of nitrogens with two attached hydrogens (primary N) is 1. The molecule has 0 aromatic carbocycles. The minimum absolute atomic E-state index is 0.0835. The van der Waals surface area contributed by atoms with Crippen molar-refractivity contribution in [3.8, 4) is 0 Å². The predicted octanol–water partition coefficient (Wildman–Crippen LogP) is -0.514. The fraction of sp³-hybridized carbons (Fsp3) is 0.750. The molecular formula is C4H9NO4S2. The van der Waals surface area contributed by atoms with Crippen LogP contribution in [-0.2, 0) is 18.1 Å². The average molecular weight is 199 g/mol. The Morgan fingerprint density at radius 3 is 2.55 bits per heavy atom. The van der Waals surface area contributed by atoms with Gasteiger partial charge in [0.1, 0.15) is 0 Å². The SMILES string of the molecule is CSS(=O)(=O)OCCC(N)=O. The molecule has 0 aliphatic rings. The summed E-state index contributed by atoms with van der Waals surface area (Å²) in [6, 6.07) is 0. The van der Waals surface area contributed by atoms with E-state index in [0.29, 0.717) is 10.8 Å². The minimum Gasteiger partial charge on any atom is -0.370 e. The van der Waals surface area contributed by atoms with E-state index in [1.165, 1.54) is 6.26 Å². The van der Waals surface area contributed by atoms with Crippen molar-refractivity contribution in [1.29, 1.82) is 0 Å². The van der Waals surface area contributed by atoms with Crippen molar-refractivity contribution in [2.24, 2.45) is 5.73 Å². The van der Waals surface area contributed by atoms with E-state index in [4.69, 9.17) is 5.73 Å². The largest absolute Gasteiger partial charge is 0.370 e. The van der Waals surface area contributed by atoms with Crippen LogP contribution in [0.3, 0.4) is 0 Å². The Kier molecular flexibility index (Phi) is 4.46. The summed E-state index contributed by atoms with van der Waals surface area (Å²) in [4.78, 5) is 10.1. The van der Waals surface area contributed by atoms with E-state index in [1.54, 1.807) is 0 Å². The molecule has 0 rings (SSSR count). The lowest BCUT2D eigenvalue weighted by Gasteiger charge is -1.98. The summed E-state index contributed by atoms with van der Waals surface area (Å²) < 4.78 is 25.5. The lowest BCUT2D eigenvalue weighted by Crippen LogP contribution is -2.14. The number of carbonyl (C=O) groups excluding carboxylic acids is 1. The van der Waals surface area contributed by atoms with Crippen LogP contribution in [0.4, 0.5) is 0 Å². The van der Waals surface area contributed by atoms with Gasteiger partial charge in [-0.3, -0.25) is 8.98 Å². The fourth-order valence-electron chi connectivity index (χ4n) is 0.292. The molecule has 0 heterocycles. The van der Waals surface area contributed by atoms with Crippen LogP contribution in [0.5, 0.6) is 0 Å². The first-order chi connectivity index (χ1) is 4.98. The van der Waals surface area contributed by atoms with Crippen LogP contribution < -0.4 is 5.73 Å². The van der Waals surface area contributed by atoms with Crippen molar-refractivity contribution in [1.82, 2.24) is 0 Å². The maximum absolute atomic E-state index is 10.6. The van der Waals surface area contributed by atoms with Crippen LogP contribution in [0.2, 0.25) is 0 Å². The second kappa shape index (κ2) is 4.58. The van der Waals surface area contributed by atoms with E-state index < -0.39 is 15.1 Å². The zero-order valence-corrected chi connectivity index (χ0v) is 7.57. The maximum Gasteiger partial charge on any atom is 0.321 e. The first-order valence-electron chi connectivity index (χ1n) is 2.71. The van der Waals surface area contributed by atoms with E-state index in [9.17, 15) is 13.2 Å². The van der Waals surface area contributed by atoms with Gasteiger partial charge < -0.3 is 5.73 Å². The molecule has 0 aromatic rings. The highest BCUT2D eigenvalue weighted by atomic mass is 33.1. The molecule has 0 atom stereocenters. The van der Waals surface area contributed by atoms with Crippen LogP contribution in [0.15, 0.2) is 0 Å². The summed E-state index contributed by atoms with van der Waals surface area (Å²) in [5, 5.41) is 0. The number of carbonyl (C=O) groups is 1. The third-order valence-corrected chi connectivity index (χ3v) is 3.16. The third-order valence-electron chi connectivity index (χ3n) is 0.780.